The van der Waals surface area contributed by atoms with Gasteiger partial charge in [-0.15, -0.1) is 0 Å². The zero-order chi connectivity index (χ0) is 15.7. The van der Waals surface area contributed by atoms with Crippen LogP contribution in [-0.4, -0.2) is 27.2 Å². The summed E-state index contributed by atoms with van der Waals surface area (Å²) < 4.78 is 1.88. The number of carbonyl (C=O) groups excluding carboxylic acids is 1. The first-order valence-corrected chi connectivity index (χ1v) is 7.81. The molecule has 0 saturated heterocycles. The van der Waals surface area contributed by atoms with Gasteiger partial charge in [0.2, 0.25) is 5.91 Å². The van der Waals surface area contributed by atoms with E-state index in [1.54, 1.807) is 6.20 Å². The minimum atomic E-state index is 0.177. The van der Waals surface area contributed by atoms with E-state index in [2.05, 4.69) is 17.0 Å². The number of aromatic nitrogens is 3. The number of fused-ring (bicyclic) bond motifs is 1. The molecule has 0 saturated carbocycles. The molecule has 0 fully saturated rings. The van der Waals surface area contributed by atoms with Crippen molar-refractivity contribution in [2.75, 3.05) is 11.4 Å². The summed E-state index contributed by atoms with van der Waals surface area (Å²) in [7, 11) is 1.94. The summed E-state index contributed by atoms with van der Waals surface area (Å²) in [5.74, 6) is 0.177. The van der Waals surface area contributed by atoms with Crippen LogP contribution in [0.5, 0.6) is 0 Å². The van der Waals surface area contributed by atoms with E-state index in [4.69, 9.17) is 0 Å². The van der Waals surface area contributed by atoms with Crippen molar-refractivity contribution in [2.45, 2.75) is 39.5 Å². The van der Waals surface area contributed by atoms with E-state index >= 15 is 0 Å². The van der Waals surface area contributed by atoms with Crippen LogP contribution in [0.4, 0.5) is 5.69 Å². The Morgan fingerprint density at radius 1 is 1.36 bits per heavy atom. The van der Waals surface area contributed by atoms with E-state index in [1.165, 1.54) is 5.56 Å². The average molecular weight is 298 g/mol. The second-order valence-electron chi connectivity index (χ2n) is 5.89. The maximum absolute atomic E-state index is 12.6. The van der Waals surface area contributed by atoms with Gasteiger partial charge in [0, 0.05) is 31.9 Å². The molecule has 0 unspecified atom stereocenters. The number of pyridine rings is 1. The molecule has 2 aromatic rings. The van der Waals surface area contributed by atoms with Crippen LogP contribution >= 0.6 is 0 Å². The normalized spacial score (nSPS) is 14.0. The molecule has 0 aromatic carbocycles. The van der Waals surface area contributed by atoms with Gasteiger partial charge in [-0.2, -0.15) is 5.10 Å². The van der Waals surface area contributed by atoms with Gasteiger partial charge in [0.05, 0.1) is 17.1 Å². The molecule has 1 amide bonds. The highest BCUT2D eigenvalue weighted by Crippen LogP contribution is 2.26. The smallest absolute Gasteiger partial charge is 0.227 e. The lowest BCUT2D eigenvalue weighted by atomic mass is 10.0. The van der Waals surface area contributed by atoms with Crippen LogP contribution in [0.1, 0.15) is 35.5 Å². The Morgan fingerprint density at radius 3 is 2.91 bits per heavy atom. The van der Waals surface area contributed by atoms with Gasteiger partial charge < -0.3 is 4.90 Å². The SMILES string of the molecule is Cc1nn(C)c(C)c1CCC(=O)N1CCCc2ncccc21. The third-order valence-electron chi connectivity index (χ3n) is 4.50. The molecule has 0 atom stereocenters. The summed E-state index contributed by atoms with van der Waals surface area (Å²) in [4.78, 5) is 18.9. The predicted octanol–water partition coefficient (Wildman–Crippen LogP) is 2.34. The molecule has 0 bridgehead atoms. The van der Waals surface area contributed by atoms with Crippen LogP contribution < -0.4 is 4.90 Å². The third kappa shape index (κ3) is 2.63. The Labute approximate surface area is 131 Å². The summed E-state index contributed by atoms with van der Waals surface area (Å²) in [5.41, 5.74) is 5.38. The molecule has 5 nitrogen and oxygen atoms in total. The Kier molecular flexibility index (Phi) is 3.96. The highest BCUT2D eigenvalue weighted by molar-refractivity contribution is 5.94. The molecule has 22 heavy (non-hydrogen) atoms. The maximum Gasteiger partial charge on any atom is 0.227 e. The number of anilines is 1. The van der Waals surface area contributed by atoms with E-state index < -0.39 is 0 Å². The fourth-order valence-electron chi connectivity index (χ4n) is 3.20. The molecule has 1 aliphatic rings. The van der Waals surface area contributed by atoms with E-state index in [9.17, 15) is 4.79 Å². The Bertz CT molecular complexity index is 705. The predicted molar refractivity (Wildman–Crippen MR) is 85.9 cm³/mol. The lowest BCUT2D eigenvalue weighted by Gasteiger charge is -2.28. The molecule has 0 radical (unpaired) electrons. The third-order valence-corrected chi connectivity index (χ3v) is 4.50. The van der Waals surface area contributed by atoms with E-state index in [-0.39, 0.29) is 5.91 Å². The first kappa shape index (κ1) is 14.8. The van der Waals surface area contributed by atoms with Crippen molar-refractivity contribution < 1.29 is 4.79 Å². The summed E-state index contributed by atoms with van der Waals surface area (Å²) >= 11 is 0. The van der Waals surface area contributed by atoms with E-state index in [0.717, 1.165) is 48.6 Å². The summed E-state index contributed by atoms with van der Waals surface area (Å²) in [6.07, 6.45) is 5.01. The molecule has 2 aromatic heterocycles. The van der Waals surface area contributed by atoms with E-state index in [1.807, 2.05) is 35.7 Å². The largest absolute Gasteiger partial charge is 0.311 e. The van der Waals surface area contributed by atoms with Crippen LogP contribution in [0.2, 0.25) is 0 Å². The van der Waals surface area contributed by atoms with Gasteiger partial charge in [-0.25, -0.2) is 0 Å². The molecule has 116 valence electrons. The van der Waals surface area contributed by atoms with Gasteiger partial charge >= 0.3 is 0 Å². The van der Waals surface area contributed by atoms with Crippen LogP contribution in [0.15, 0.2) is 18.3 Å². The minimum absolute atomic E-state index is 0.177. The monoisotopic (exact) mass is 298 g/mol. The molecule has 3 heterocycles. The number of aryl methyl sites for hydroxylation is 3. The number of amides is 1. The molecule has 0 spiro atoms. The molecule has 1 aliphatic heterocycles. The first-order chi connectivity index (χ1) is 10.6. The Balaban J connectivity index is 1.73. The van der Waals surface area contributed by atoms with Crippen molar-refractivity contribution in [3.8, 4) is 0 Å². The number of nitrogens with zero attached hydrogens (tertiary/aromatic N) is 4. The van der Waals surface area contributed by atoms with E-state index in [0.29, 0.717) is 6.42 Å². The second-order valence-corrected chi connectivity index (χ2v) is 5.89. The highest BCUT2D eigenvalue weighted by Gasteiger charge is 2.23. The molecular weight excluding hydrogens is 276 g/mol. The molecule has 0 N–H and O–H groups in total. The van der Waals surface area contributed by atoms with Crippen LogP contribution in [0.3, 0.4) is 0 Å². The second kappa shape index (κ2) is 5.91. The number of carbonyl (C=O) groups is 1. The van der Waals surface area contributed by atoms with Gasteiger partial charge in [-0.1, -0.05) is 0 Å². The van der Waals surface area contributed by atoms with Crippen LogP contribution in [-0.2, 0) is 24.7 Å². The summed E-state index contributed by atoms with van der Waals surface area (Å²) in [6.45, 7) is 4.86. The Morgan fingerprint density at radius 2 is 2.18 bits per heavy atom. The minimum Gasteiger partial charge on any atom is -0.311 e. The number of hydrogen-bond acceptors (Lipinski definition) is 3. The van der Waals surface area contributed by atoms with Crippen LogP contribution in [0, 0.1) is 13.8 Å². The van der Waals surface area contributed by atoms with Crippen molar-refractivity contribution in [3.05, 3.63) is 41.0 Å². The summed E-state index contributed by atoms with van der Waals surface area (Å²) in [6, 6.07) is 3.90. The average Bonchev–Trinajstić information content (AvgIpc) is 2.77. The van der Waals surface area contributed by atoms with Gasteiger partial charge in [0.1, 0.15) is 0 Å². The maximum atomic E-state index is 12.6. The molecule has 0 aliphatic carbocycles. The number of hydrogen-bond donors (Lipinski definition) is 0. The van der Waals surface area contributed by atoms with Crippen molar-refractivity contribution in [1.82, 2.24) is 14.8 Å². The van der Waals surface area contributed by atoms with Crippen molar-refractivity contribution >= 4 is 11.6 Å². The highest BCUT2D eigenvalue weighted by atomic mass is 16.2. The summed E-state index contributed by atoms with van der Waals surface area (Å²) in [5, 5.41) is 4.42. The van der Waals surface area contributed by atoms with Gasteiger partial charge in [0.15, 0.2) is 0 Å². The number of rotatable bonds is 3. The molecule has 3 rings (SSSR count). The zero-order valence-corrected chi connectivity index (χ0v) is 13.5. The standard InChI is InChI=1S/C17H22N4O/c1-12-14(13(2)20(3)19-12)8-9-17(22)21-11-5-6-15-16(21)7-4-10-18-15/h4,7,10H,5-6,8-9,11H2,1-3H3. The van der Waals surface area contributed by atoms with Gasteiger partial charge in [-0.3, -0.25) is 14.5 Å². The topological polar surface area (TPSA) is 51.0 Å². The van der Waals surface area contributed by atoms with Crippen molar-refractivity contribution in [3.63, 3.8) is 0 Å². The molecular formula is C17H22N4O. The Hall–Kier alpha value is -2.17. The van der Waals surface area contributed by atoms with Crippen molar-refractivity contribution in [1.29, 1.82) is 0 Å². The lowest BCUT2D eigenvalue weighted by molar-refractivity contribution is -0.118. The first-order valence-electron chi connectivity index (χ1n) is 7.81. The fourth-order valence-corrected chi connectivity index (χ4v) is 3.20. The lowest BCUT2D eigenvalue weighted by Crippen LogP contribution is -2.36. The molecule has 5 heteroatoms. The van der Waals surface area contributed by atoms with Crippen LogP contribution in [0.25, 0.3) is 0 Å². The fraction of sp³-hybridized carbons (Fsp3) is 0.471. The van der Waals surface area contributed by atoms with Gasteiger partial charge in [0.25, 0.3) is 0 Å². The van der Waals surface area contributed by atoms with Crippen molar-refractivity contribution in [2.24, 2.45) is 7.05 Å². The quantitative estimate of drug-likeness (QED) is 0.874. The van der Waals surface area contributed by atoms with Gasteiger partial charge in [-0.05, 0) is 50.8 Å². The zero-order valence-electron chi connectivity index (χ0n) is 13.5.